The molecular weight excluding hydrogens is 224 g/mol. The van der Waals surface area contributed by atoms with Gasteiger partial charge in [0.05, 0.1) is 18.8 Å². The van der Waals surface area contributed by atoms with E-state index in [-0.39, 0.29) is 12.1 Å². The molecule has 0 aromatic heterocycles. The summed E-state index contributed by atoms with van der Waals surface area (Å²) in [6.07, 6.45) is 0.241. The highest BCUT2D eigenvalue weighted by Crippen LogP contribution is 2.22. The van der Waals surface area contributed by atoms with Gasteiger partial charge in [0.25, 0.3) is 0 Å². The first-order valence-corrected chi connectivity index (χ1v) is 6.81. The fourth-order valence-corrected chi connectivity index (χ4v) is 2.56. The fraction of sp³-hybridized carbons (Fsp3) is 0.600. The Morgan fingerprint density at radius 2 is 2.33 bits per heavy atom. The lowest BCUT2D eigenvalue weighted by Gasteiger charge is -2.35. The van der Waals surface area contributed by atoms with Crippen LogP contribution in [0.2, 0.25) is 0 Å². The first-order valence-electron chi connectivity index (χ1n) is 6.81. The van der Waals surface area contributed by atoms with Crippen LogP contribution in [0.15, 0.2) is 24.3 Å². The van der Waals surface area contributed by atoms with Crippen molar-refractivity contribution in [2.75, 3.05) is 33.3 Å². The molecule has 0 amide bonds. The van der Waals surface area contributed by atoms with Crippen LogP contribution in [-0.2, 0) is 4.74 Å². The van der Waals surface area contributed by atoms with E-state index >= 15 is 0 Å². The van der Waals surface area contributed by atoms with Gasteiger partial charge in [0.15, 0.2) is 0 Å². The van der Waals surface area contributed by atoms with Crippen LogP contribution in [0.25, 0.3) is 0 Å². The summed E-state index contributed by atoms with van der Waals surface area (Å²) in [4.78, 5) is 2.34. The van der Waals surface area contributed by atoms with Gasteiger partial charge in [-0.25, -0.2) is 0 Å². The predicted octanol–water partition coefficient (Wildman–Crippen LogP) is 1.98. The monoisotopic (exact) mass is 248 g/mol. The topological polar surface area (TPSA) is 24.5 Å². The summed E-state index contributed by atoms with van der Waals surface area (Å²) in [5, 5.41) is 3.56. The molecule has 1 fully saturated rings. The van der Waals surface area contributed by atoms with Crippen LogP contribution in [0.5, 0.6) is 0 Å². The van der Waals surface area contributed by atoms with Crippen LogP contribution in [0, 0.1) is 6.92 Å². The summed E-state index contributed by atoms with van der Waals surface area (Å²) in [6, 6.07) is 9.00. The average molecular weight is 248 g/mol. The van der Waals surface area contributed by atoms with E-state index in [1.807, 2.05) is 0 Å². The Hall–Kier alpha value is -0.900. The van der Waals surface area contributed by atoms with E-state index in [0.29, 0.717) is 0 Å². The van der Waals surface area contributed by atoms with Crippen LogP contribution in [0.4, 0.5) is 0 Å². The quantitative estimate of drug-likeness (QED) is 0.882. The first kappa shape index (κ1) is 13.5. The Morgan fingerprint density at radius 3 is 3.00 bits per heavy atom. The van der Waals surface area contributed by atoms with Crippen molar-refractivity contribution < 1.29 is 4.74 Å². The van der Waals surface area contributed by atoms with Gasteiger partial charge in [-0.05, 0) is 26.1 Å². The van der Waals surface area contributed by atoms with Crippen LogP contribution < -0.4 is 5.32 Å². The molecule has 2 atom stereocenters. The highest BCUT2D eigenvalue weighted by molar-refractivity contribution is 5.26. The van der Waals surface area contributed by atoms with Gasteiger partial charge in [-0.15, -0.1) is 0 Å². The minimum absolute atomic E-state index is 0.241. The molecule has 1 saturated heterocycles. The van der Waals surface area contributed by atoms with Crippen molar-refractivity contribution in [3.63, 3.8) is 0 Å². The number of hydrogen-bond donors (Lipinski definition) is 1. The normalized spacial score (nSPS) is 22.9. The lowest BCUT2D eigenvalue weighted by molar-refractivity contribution is -0.0390. The van der Waals surface area contributed by atoms with Crippen LogP contribution in [0.1, 0.15) is 24.1 Å². The number of likely N-dealkylation sites (N-methyl/N-ethyl adjacent to an activating group) is 2. The Bertz CT molecular complexity index is 381. The Kier molecular flexibility index (Phi) is 4.75. The first-order chi connectivity index (χ1) is 8.70. The summed E-state index contributed by atoms with van der Waals surface area (Å²) >= 11 is 0. The van der Waals surface area contributed by atoms with Gasteiger partial charge >= 0.3 is 0 Å². The predicted molar refractivity (Wildman–Crippen MR) is 74.8 cm³/mol. The minimum Gasteiger partial charge on any atom is -0.374 e. The summed E-state index contributed by atoms with van der Waals surface area (Å²) < 4.78 is 5.95. The number of ether oxygens (including phenoxy) is 1. The highest BCUT2D eigenvalue weighted by Gasteiger charge is 2.27. The number of nitrogens with one attached hydrogen (secondary N) is 1. The van der Waals surface area contributed by atoms with Crippen molar-refractivity contribution in [1.29, 1.82) is 0 Å². The van der Waals surface area contributed by atoms with Gasteiger partial charge < -0.3 is 15.0 Å². The van der Waals surface area contributed by atoms with Crippen LogP contribution in [-0.4, -0.2) is 44.3 Å². The summed E-state index contributed by atoms with van der Waals surface area (Å²) in [5.74, 6) is 0. The molecule has 1 aliphatic rings. The Morgan fingerprint density at radius 1 is 1.50 bits per heavy atom. The molecule has 1 aromatic carbocycles. The maximum atomic E-state index is 5.95. The zero-order valence-electron chi connectivity index (χ0n) is 11.6. The number of benzene rings is 1. The third-order valence-corrected chi connectivity index (χ3v) is 3.49. The zero-order valence-corrected chi connectivity index (χ0v) is 11.6. The molecule has 0 saturated carbocycles. The Labute approximate surface area is 110 Å². The van der Waals surface area contributed by atoms with Gasteiger partial charge in [0, 0.05) is 13.1 Å². The smallest absolute Gasteiger partial charge is 0.0896 e. The molecule has 2 rings (SSSR count). The molecule has 0 radical (unpaired) electrons. The molecule has 1 aliphatic heterocycles. The fourth-order valence-electron chi connectivity index (χ4n) is 2.56. The van der Waals surface area contributed by atoms with Gasteiger partial charge in [0.2, 0.25) is 0 Å². The summed E-state index contributed by atoms with van der Waals surface area (Å²) in [5.41, 5.74) is 2.64. The van der Waals surface area contributed by atoms with E-state index in [9.17, 15) is 0 Å². The molecule has 0 bridgehead atoms. The molecule has 0 spiro atoms. The van der Waals surface area contributed by atoms with Crippen molar-refractivity contribution >= 4 is 0 Å². The van der Waals surface area contributed by atoms with Gasteiger partial charge in [0.1, 0.15) is 0 Å². The average Bonchev–Trinajstić information content (AvgIpc) is 2.36. The molecule has 3 heteroatoms. The lowest BCUT2D eigenvalue weighted by atomic mass is 9.98. The maximum Gasteiger partial charge on any atom is 0.0896 e. The zero-order chi connectivity index (χ0) is 13.0. The second kappa shape index (κ2) is 6.32. The highest BCUT2D eigenvalue weighted by atomic mass is 16.5. The Balaban J connectivity index is 2.16. The molecule has 2 unspecified atom stereocenters. The molecule has 3 nitrogen and oxygen atoms in total. The van der Waals surface area contributed by atoms with Crippen molar-refractivity contribution in [1.82, 2.24) is 10.2 Å². The van der Waals surface area contributed by atoms with E-state index < -0.39 is 0 Å². The van der Waals surface area contributed by atoms with E-state index in [4.69, 9.17) is 4.74 Å². The van der Waals surface area contributed by atoms with Crippen LogP contribution >= 0.6 is 0 Å². The van der Waals surface area contributed by atoms with Gasteiger partial charge in [-0.2, -0.15) is 0 Å². The summed E-state index contributed by atoms with van der Waals surface area (Å²) in [7, 11) is 2.16. The van der Waals surface area contributed by atoms with Gasteiger partial charge in [-0.1, -0.05) is 36.8 Å². The molecular formula is C15H24N2O. The van der Waals surface area contributed by atoms with E-state index in [1.165, 1.54) is 11.1 Å². The van der Waals surface area contributed by atoms with E-state index in [0.717, 1.165) is 26.2 Å². The van der Waals surface area contributed by atoms with Gasteiger partial charge in [-0.3, -0.25) is 0 Å². The molecule has 1 N–H and O–H groups in total. The number of nitrogens with zero attached hydrogens (tertiary/aromatic N) is 1. The molecule has 18 heavy (non-hydrogen) atoms. The van der Waals surface area contributed by atoms with Crippen molar-refractivity contribution in [3.8, 4) is 0 Å². The minimum atomic E-state index is 0.241. The maximum absolute atomic E-state index is 5.95. The lowest BCUT2D eigenvalue weighted by Crippen LogP contribution is -2.46. The number of morpholine rings is 1. The second-order valence-electron chi connectivity index (χ2n) is 5.12. The van der Waals surface area contributed by atoms with Crippen molar-refractivity contribution in [2.45, 2.75) is 26.0 Å². The van der Waals surface area contributed by atoms with E-state index in [1.54, 1.807) is 0 Å². The second-order valence-corrected chi connectivity index (χ2v) is 5.12. The standard InChI is InChI=1S/C15H24N2O/c1-4-16-15(13-7-5-6-12(2)10-13)14-11-17(3)8-9-18-14/h5-7,10,14-16H,4,8-9,11H2,1-3H3. The SMILES string of the molecule is CCNC(c1cccc(C)c1)C1CN(C)CCO1. The molecule has 1 aromatic rings. The largest absolute Gasteiger partial charge is 0.374 e. The van der Waals surface area contributed by atoms with Crippen molar-refractivity contribution in [3.05, 3.63) is 35.4 Å². The third-order valence-electron chi connectivity index (χ3n) is 3.49. The number of hydrogen-bond acceptors (Lipinski definition) is 3. The third kappa shape index (κ3) is 3.31. The summed E-state index contributed by atoms with van der Waals surface area (Å²) in [6.45, 7) is 8.10. The molecule has 100 valence electrons. The molecule has 0 aliphatic carbocycles. The van der Waals surface area contributed by atoms with Crippen LogP contribution in [0.3, 0.4) is 0 Å². The molecule has 1 heterocycles. The number of rotatable bonds is 4. The van der Waals surface area contributed by atoms with Crippen molar-refractivity contribution in [2.24, 2.45) is 0 Å². The van der Waals surface area contributed by atoms with E-state index in [2.05, 4.69) is 55.4 Å². The number of aryl methyl sites for hydroxylation is 1.